The molecule has 0 bridgehead atoms. The third-order valence-corrected chi connectivity index (χ3v) is 8.79. The van der Waals surface area contributed by atoms with Gasteiger partial charge in [-0.25, -0.2) is 18.7 Å². The molecular weight excluding hydrogens is 570 g/mol. The SMILES string of the molecule is C=CCCc1ccc(-c2cnc3c(Nc4ccc(C(=C)N5CCN(C(=C)N6CCNCC6)CC5)c(C)c4)nccn23)c(F)c1F. The molecule has 2 saturated heterocycles. The number of imidazole rings is 1. The molecule has 2 aromatic carbocycles. The van der Waals surface area contributed by atoms with Gasteiger partial charge in [-0.05, 0) is 49.1 Å². The van der Waals surface area contributed by atoms with E-state index in [1.165, 1.54) is 0 Å². The molecule has 0 amide bonds. The maximum Gasteiger partial charge on any atom is 0.180 e. The number of allylic oxidation sites excluding steroid dienone is 1. The van der Waals surface area contributed by atoms with Gasteiger partial charge in [-0.2, -0.15) is 0 Å². The number of hydrogen-bond acceptors (Lipinski definition) is 7. The van der Waals surface area contributed by atoms with Gasteiger partial charge in [-0.1, -0.05) is 31.4 Å². The summed E-state index contributed by atoms with van der Waals surface area (Å²) in [7, 11) is 0. The molecule has 2 aliphatic heterocycles. The molecule has 10 heteroatoms. The van der Waals surface area contributed by atoms with Gasteiger partial charge >= 0.3 is 0 Å². The molecule has 4 aromatic rings. The Morgan fingerprint density at radius 2 is 1.69 bits per heavy atom. The van der Waals surface area contributed by atoms with Crippen molar-refractivity contribution in [2.75, 3.05) is 57.7 Å². The first-order valence-corrected chi connectivity index (χ1v) is 15.5. The highest BCUT2D eigenvalue weighted by atomic mass is 19.2. The van der Waals surface area contributed by atoms with Gasteiger partial charge in [-0.15, -0.1) is 6.58 Å². The molecule has 0 aliphatic carbocycles. The molecular formula is C35H40F2N8. The first-order valence-electron chi connectivity index (χ1n) is 15.5. The highest BCUT2D eigenvalue weighted by Crippen LogP contribution is 2.31. The lowest BCUT2D eigenvalue weighted by Gasteiger charge is -2.43. The second kappa shape index (κ2) is 13.1. The third-order valence-electron chi connectivity index (χ3n) is 8.79. The Labute approximate surface area is 263 Å². The number of nitrogens with zero attached hydrogens (tertiary/aromatic N) is 6. The number of aryl methyl sites for hydroxylation is 2. The lowest BCUT2D eigenvalue weighted by atomic mass is 10.0. The van der Waals surface area contributed by atoms with Crippen LogP contribution < -0.4 is 10.6 Å². The Morgan fingerprint density at radius 3 is 2.42 bits per heavy atom. The van der Waals surface area contributed by atoms with Crippen LogP contribution in [-0.4, -0.2) is 81.4 Å². The molecule has 0 radical (unpaired) electrons. The largest absolute Gasteiger partial charge is 0.368 e. The Hall–Kier alpha value is -4.70. The lowest BCUT2D eigenvalue weighted by molar-refractivity contribution is 0.147. The predicted molar refractivity (Wildman–Crippen MR) is 177 cm³/mol. The van der Waals surface area contributed by atoms with Gasteiger partial charge in [0.15, 0.2) is 23.1 Å². The van der Waals surface area contributed by atoms with Crippen molar-refractivity contribution in [1.82, 2.24) is 34.4 Å². The van der Waals surface area contributed by atoms with Crippen LogP contribution in [0.3, 0.4) is 0 Å². The molecule has 0 unspecified atom stereocenters. The van der Waals surface area contributed by atoms with E-state index in [2.05, 4.69) is 74.1 Å². The summed E-state index contributed by atoms with van der Waals surface area (Å²) < 4.78 is 31.7. The number of anilines is 2. The summed E-state index contributed by atoms with van der Waals surface area (Å²) >= 11 is 0. The Morgan fingerprint density at radius 1 is 0.956 bits per heavy atom. The molecule has 2 fully saturated rings. The van der Waals surface area contributed by atoms with Crippen molar-refractivity contribution in [2.24, 2.45) is 0 Å². The van der Waals surface area contributed by atoms with E-state index in [4.69, 9.17) is 0 Å². The molecule has 0 atom stereocenters. The van der Waals surface area contributed by atoms with Gasteiger partial charge in [0.2, 0.25) is 0 Å². The number of rotatable bonds is 10. The van der Waals surface area contributed by atoms with Crippen LogP contribution in [0.15, 0.2) is 80.6 Å². The minimum atomic E-state index is -0.887. The Kier molecular flexibility index (Phi) is 8.84. The van der Waals surface area contributed by atoms with Crippen molar-refractivity contribution in [3.05, 3.63) is 109 Å². The van der Waals surface area contributed by atoms with E-state index in [1.807, 2.05) is 6.07 Å². The van der Waals surface area contributed by atoms with Crippen LogP contribution in [0.5, 0.6) is 0 Å². The average molecular weight is 611 g/mol. The third kappa shape index (κ3) is 6.15. The van der Waals surface area contributed by atoms with Crippen LogP contribution in [0.4, 0.5) is 20.3 Å². The van der Waals surface area contributed by atoms with Gasteiger partial charge in [0, 0.05) is 87.3 Å². The number of hydrogen-bond donors (Lipinski definition) is 2. The summed E-state index contributed by atoms with van der Waals surface area (Å²) in [6.07, 6.45) is 7.52. The van der Waals surface area contributed by atoms with E-state index < -0.39 is 11.6 Å². The summed E-state index contributed by atoms with van der Waals surface area (Å²) in [4.78, 5) is 16.1. The predicted octanol–water partition coefficient (Wildman–Crippen LogP) is 5.81. The average Bonchev–Trinajstić information content (AvgIpc) is 3.50. The second-order valence-corrected chi connectivity index (χ2v) is 11.6. The lowest BCUT2D eigenvalue weighted by Crippen LogP contribution is -2.51. The van der Waals surface area contributed by atoms with Crippen molar-refractivity contribution in [3.8, 4) is 11.3 Å². The summed E-state index contributed by atoms with van der Waals surface area (Å²) in [5.41, 5.74) is 5.46. The van der Waals surface area contributed by atoms with Gasteiger partial charge in [0.05, 0.1) is 17.7 Å². The highest BCUT2D eigenvalue weighted by molar-refractivity contribution is 5.76. The second-order valence-electron chi connectivity index (χ2n) is 11.6. The van der Waals surface area contributed by atoms with Crippen molar-refractivity contribution < 1.29 is 8.78 Å². The van der Waals surface area contributed by atoms with E-state index in [0.717, 1.165) is 80.7 Å². The smallest absolute Gasteiger partial charge is 0.180 e. The van der Waals surface area contributed by atoms with Crippen molar-refractivity contribution in [2.45, 2.75) is 19.8 Å². The molecule has 45 heavy (non-hydrogen) atoms. The first kappa shape index (κ1) is 30.3. The molecule has 4 heterocycles. The van der Waals surface area contributed by atoms with Crippen LogP contribution in [0, 0.1) is 18.6 Å². The fourth-order valence-corrected chi connectivity index (χ4v) is 6.17. The normalized spacial score (nSPS) is 15.4. The fourth-order valence-electron chi connectivity index (χ4n) is 6.17. The Balaban J connectivity index is 1.14. The molecule has 8 nitrogen and oxygen atoms in total. The quantitative estimate of drug-likeness (QED) is 0.220. The molecule has 6 rings (SSSR count). The van der Waals surface area contributed by atoms with Crippen LogP contribution in [0.25, 0.3) is 22.6 Å². The number of benzene rings is 2. The number of fused-ring (bicyclic) bond motifs is 1. The fraction of sp³-hybridized carbons (Fsp3) is 0.314. The highest BCUT2D eigenvalue weighted by Gasteiger charge is 2.24. The van der Waals surface area contributed by atoms with Crippen LogP contribution in [-0.2, 0) is 6.42 Å². The molecule has 2 aliphatic rings. The zero-order valence-corrected chi connectivity index (χ0v) is 25.8. The number of piperazine rings is 2. The first-order chi connectivity index (χ1) is 21.9. The zero-order chi connectivity index (χ0) is 31.5. The Bertz CT molecular complexity index is 1730. The van der Waals surface area contributed by atoms with Crippen molar-refractivity contribution >= 4 is 22.8 Å². The van der Waals surface area contributed by atoms with E-state index in [1.54, 1.807) is 41.2 Å². The molecule has 0 spiro atoms. The summed E-state index contributed by atoms with van der Waals surface area (Å²) in [6, 6.07) is 9.37. The van der Waals surface area contributed by atoms with Gasteiger partial charge in [0.25, 0.3) is 0 Å². The van der Waals surface area contributed by atoms with E-state index in [0.29, 0.717) is 35.6 Å². The van der Waals surface area contributed by atoms with E-state index in [-0.39, 0.29) is 5.56 Å². The maximum absolute atomic E-state index is 15.1. The molecule has 0 saturated carbocycles. The molecule has 2 aromatic heterocycles. The topological polar surface area (TPSA) is 64.0 Å². The van der Waals surface area contributed by atoms with Gasteiger partial charge < -0.3 is 25.3 Å². The maximum atomic E-state index is 15.1. The van der Waals surface area contributed by atoms with Gasteiger partial charge in [-0.3, -0.25) is 4.40 Å². The summed E-state index contributed by atoms with van der Waals surface area (Å²) in [6.45, 7) is 22.2. The summed E-state index contributed by atoms with van der Waals surface area (Å²) in [5, 5.41) is 6.77. The standard InChI is InChI=1S/C35H40F2N8/c1-5-6-7-27-8-10-30(33(37)32(27)36)31-23-40-35-34(39-14-17-45(31)35)41-28-9-11-29(24(2)22-28)25(3)42-18-20-44(21-19-42)26(4)43-15-12-38-13-16-43/h5,8-11,14,17,22-23,38H,1,3-4,6-7,12-13,15-16,18-21H2,2H3,(H,39,41). The summed E-state index contributed by atoms with van der Waals surface area (Å²) in [5.74, 6) is -0.0893. The molecule has 2 N–H and O–H groups in total. The number of aromatic nitrogens is 3. The van der Waals surface area contributed by atoms with Gasteiger partial charge in [0.1, 0.15) is 0 Å². The van der Waals surface area contributed by atoms with Crippen LogP contribution >= 0.6 is 0 Å². The van der Waals surface area contributed by atoms with Crippen molar-refractivity contribution in [3.63, 3.8) is 0 Å². The minimum Gasteiger partial charge on any atom is -0.368 e. The number of halogens is 2. The van der Waals surface area contributed by atoms with E-state index in [9.17, 15) is 4.39 Å². The zero-order valence-electron chi connectivity index (χ0n) is 25.8. The number of nitrogens with one attached hydrogen (secondary N) is 2. The monoisotopic (exact) mass is 610 g/mol. The van der Waals surface area contributed by atoms with Crippen LogP contribution in [0.1, 0.15) is 23.1 Å². The van der Waals surface area contributed by atoms with Crippen molar-refractivity contribution in [1.29, 1.82) is 0 Å². The van der Waals surface area contributed by atoms with E-state index >= 15 is 4.39 Å². The van der Waals surface area contributed by atoms with Crippen LogP contribution in [0.2, 0.25) is 0 Å². The molecule has 234 valence electrons. The minimum absolute atomic E-state index is 0.146.